The molecule has 4 heteroatoms. The molecule has 0 aliphatic rings. The van der Waals surface area contributed by atoms with E-state index in [1.165, 1.54) is 17.0 Å². The molecule has 1 atom stereocenters. The molecule has 96 valence electrons. The van der Waals surface area contributed by atoms with Crippen LogP contribution in [-0.2, 0) is 0 Å². The highest BCUT2D eigenvalue weighted by molar-refractivity contribution is 7.10. The van der Waals surface area contributed by atoms with Crippen LogP contribution in [0.2, 0.25) is 0 Å². The van der Waals surface area contributed by atoms with Gasteiger partial charge in [-0.05, 0) is 42.6 Å². The molecule has 0 bridgehead atoms. The molecule has 0 fully saturated rings. The highest BCUT2D eigenvalue weighted by Gasteiger charge is 2.04. The van der Waals surface area contributed by atoms with Crippen molar-refractivity contribution in [3.63, 3.8) is 0 Å². The summed E-state index contributed by atoms with van der Waals surface area (Å²) in [5, 5.41) is 5.45. The smallest absolute Gasteiger partial charge is 0.123 e. The number of hydrogen-bond acceptors (Lipinski definition) is 3. The molecule has 1 heterocycles. The summed E-state index contributed by atoms with van der Waals surface area (Å²) >= 11 is 1.74. The van der Waals surface area contributed by atoms with Gasteiger partial charge < -0.3 is 10.1 Å². The van der Waals surface area contributed by atoms with E-state index in [0.717, 1.165) is 6.54 Å². The van der Waals surface area contributed by atoms with Gasteiger partial charge in [-0.15, -0.1) is 11.3 Å². The standard InChI is InChI=1S/C14H16FNOS/c1-11(14-3-2-10-18-14)16-8-9-17-13-6-4-12(15)5-7-13/h2-7,10-11,16H,8-9H2,1H3. The largest absolute Gasteiger partial charge is 0.492 e. The Hall–Kier alpha value is -1.39. The highest BCUT2D eigenvalue weighted by atomic mass is 32.1. The lowest BCUT2D eigenvalue weighted by Gasteiger charge is -2.12. The Balaban J connectivity index is 1.68. The predicted octanol–water partition coefficient (Wildman–Crippen LogP) is 3.62. The molecular weight excluding hydrogens is 249 g/mol. The maximum absolute atomic E-state index is 12.7. The van der Waals surface area contributed by atoms with Gasteiger partial charge in [0.2, 0.25) is 0 Å². The third kappa shape index (κ3) is 3.82. The highest BCUT2D eigenvalue weighted by Crippen LogP contribution is 2.17. The fourth-order valence-corrected chi connectivity index (χ4v) is 2.37. The van der Waals surface area contributed by atoms with E-state index in [9.17, 15) is 4.39 Å². The molecule has 1 N–H and O–H groups in total. The third-order valence-corrected chi connectivity index (χ3v) is 3.66. The second kappa shape index (κ2) is 6.52. The van der Waals surface area contributed by atoms with Crippen molar-refractivity contribution in [1.29, 1.82) is 0 Å². The first-order valence-corrected chi connectivity index (χ1v) is 6.79. The minimum Gasteiger partial charge on any atom is -0.492 e. The van der Waals surface area contributed by atoms with Gasteiger partial charge in [-0.2, -0.15) is 0 Å². The lowest BCUT2D eigenvalue weighted by molar-refractivity contribution is 0.307. The first-order chi connectivity index (χ1) is 8.75. The average Bonchev–Trinajstić information content (AvgIpc) is 2.90. The monoisotopic (exact) mass is 265 g/mol. The van der Waals surface area contributed by atoms with Crippen molar-refractivity contribution in [3.8, 4) is 5.75 Å². The van der Waals surface area contributed by atoms with Crippen LogP contribution in [0.15, 0.2) is 41.8 Å². The van der Waals surface area contributed by atoms with Crippen LogP contribution < -0.4 is 10.1 Å². The third-order valence-electron chi connectivity index (χ3n) is 2.60. The maximum Gasteiger partial charge on any atom is 0.123 e. The number of hydrogen-bond donors (Lipinski definition) is 1. The molecule has 2 aromatic rings. The summed E-state index contributed by atoms with van der Waals surface area (Å²) in [7, 11) is 0. The van der Waals surface area contributed by atoms with Crippen LogP contribution in [0.25, 0.3) is 0 Å². The normalized spacial score (nSPS) is 12.3. The van der Waals surface area contributed by atoms with Gasteiger partial charge in [0.25, 0.3) is 0 Å². The molecule has 1 aromatic carbocycles. The number of halogens is 1. The SMILES string of the molecule is CC(NCCOc1ccc(F)cc1)c1cccs1. The molecule has 0 radical (unpaired) electrons. The van der Waals surface area contributed by atoms with Crippen molar-refractivity contribution in [2.24, 2.45) is 0 Å². The zero-order chi connectivity index (χ0) is 12.8. The van der Waals surface area contributed by atoms with Gasteiger partial charge in [0.15, 0.2) is 0 Å². The van der Waals surface area contributed by atoms with Crippen molar-refractivity contribution < 1.29 is 9.13 Å². The first-order valence-electron chi connectivity index (χ1n) is 5.91. The minimum absolute atomic E-state index is 0.244. The summed E-state index contributed by atoms with van der Waals surface area (Å²) in [6, 6.07) is 10.6. The van der Waals surface area contributed by atoms with E-state index < -0.39 is 0 Å². The Kier molecular flexibility index (Phi) is 4.73. The molecule has 0 saturated heterocycles. The van der Waals surface area contributed by atoms with Gasteiger partial charge in [0, 0.05) is 17.5 Å². The van der Waals surface area contributed by atoms with Gasteiger partial charge in [0.05, 0.1) is 0 Å². The molecule has 0 aliphatic carbocycles. The van der Waals surface area contributed by atoms with Crippen molar-refractivity contribution in [3.05, 3.63) is 52.5 Å². The second-order valence-corrected chi connectivity index (χ2v) is 4.97. The number of benzene rings is 1. The van der Waals surface area contributed by atoms with Gasteiger partial charge in [-0.25, -0.2) is 4.39 Å². The summed E-state index contributed by atoms with van der Waals surface area (Å²) in [5.74, 6) is 0.453. The van der Waals surface area contributed by atoms with E-state index >= 15 is 0 Å². The van der Waals surface area contributed by atoms with Crippen LogP contribution in [0.3, 0.4) is 0 Å². The summed E-state index contributed by atoms with van der Waals surface area (Å²) in [6.07, 6.45) is 0. The van der Waals surface area contributed by atoms with E-state index in [2.05, 4.69) is 23.7 Å². The topological polar surface area (TPSA) is 21.3 Å². The zero-order valence-corrected chi connectivity index (χ0v) is 11.0. The molecule has 2 nitrogen and oxygen atoms in total. The van der Waals surface area contributed by atoms with Crippen molar-refractivity contribution in [2.45, 2.75) is 13.0 Å². The fourth-order valence-electron chi connectivity index (χ4n) is 1.61. The number of ether oxygens (including phenoxy) is 1. The predicted molar refractivity (Wildman–Crippen MR) is 72.6 cm³/mol. The van der Waals surface area contributed by atoms with Crippen molar-refractivity contribution in [2.75, 3.05) is 13.2 Å². The minimum atomic E-state index is -0.244. The summed E-state index contributed by atoms with van der Waals surface area (Å²) in [6.45, 7) is 3.46. The average molecular weight is 265 g/mol. The summed E-state index contributed by atoms with van der Waals surface area (Å²) in [4.78, 5) is 1.32. The van der Waals surface area contributed by atoms with Crippen LogP contribution in [0.1, 0.15) is 17.8 Å². The number of rotatable bonds is 6. The Bertz CT molecular complexity index is 455. The van der Waals surface area contributed by atoms with E-state index in [-0.39, 0.29) is 5.82 Å². The lowest BCUT2D eigenvalue weighted by Crippen LogP contribution is -2.23. The van der Waals surface area contributed by atoms with E-state index in [0.29, 0.717) is 18.4 Å². The molecule has 0 spiro atoms. The maximum atomic E-state index is 12.7. The Morgan fingerprint density at radius 1 is 1.28 bits per heavy atom. The van der Waals surface area contributed by atoms with Gasteiger partial charge in [0.1, 0.15) is 18.2 Å². The molecule has 0 saturated carbocycles. The van der Waals surface area contributed by atoms with Crippen LogP contribution in [-0.4, -0.2) is 13.2 Å². The van der Waals surface area contributed by atoms with Crippen LogP contribution in [0.5, 0.6) is 5.75 Å². The molecule has 1 unspecified atom stereocenters. The van der Waals surface area contributed by atoms with Gasteiger partial charge >= 0.3 is 0 Å². The summed E-state index contributed by atoms with van der Waals surface area (Å²) < 4.78 is 18.2. The van der Waals surface area contributed by atoms with Crippen LogP contribution in [0, 0.1) is 5.82 Å². The summed E-state index contributed by atoms with van der Waals surface area (Å²) in [5.41, 5.74) is 0. The Morgan fingerprint density at radius 3 is 2.72 bits per heavy atom. The van der Waals surface area contributed by atoms with E-state index in [4.69, 9.17) is 4.74 Å². The number of nitrogens with one attached hydrogen (secondary N) is 1. The van der Waals surface area contributed by atoms with Crippen molar-refractivity contribution >= 4 is 11.3 Å². The first kappa shape index (κ1) is 13.1. The van der Waals surface area contributed by atoms with E-state index in [1.54, 1.807) is 23.5 Å². The molecular formula is C14H16FNOS. The molecule has 18 heavy (non-hydrogen) atoms. The quantitative estimate of drug-likeness (QED) is 0.805. The van der Waals surface area contributed by atoms with Crippen molar-refractivity contribution in [1.82, 2.24) is 5.32 Å². The van der Waals surface area contributed by atoms with E-state index in [1.807, 2.05) is 6.07 Å². The zero-order valence-electron chi connectivity index (χ0n) is 10.2. The van der Waals surface area contributed by atoms with Crippen LogP contribution >= 0.6 is 11.3 Å². The molecule has 1 aromatic heterocycles. The fraction of sp³-hybridized carbons (Fsp3) is 0.286. The lowest BCUT2D eigenvalue weighted by atomic mass is 10.3. The molecule has 0 amide bonds. The Labute approximate surface area is 110 Å². The molecule has 2 rings (SSSR count). The van der Waals surface area contributed by atoms with Crippen LogP contribution in [0.4, 0.5) is 4.39 Å². The second-order valence-electron chi connectivity index (χ2n) is 3.99. The number of thiophene rings is 1. The van der Waals surface area contributed by atoms with Gasteiger partial charge in [-0.3, -0.25) is 0 Å². The van der Waals surface area contributed by atoms with Gasteiger partial charge in [-0.1, -0.05) is 6.07 Å². The Morgan fingerprint density at radius 2 is 2.06 bits per heavy atom. The molecule has 0 aliphatic heterocycles.